The fraction of sp³-hybridized carbons (Fsp3) is 0.615. The third-order valence-corrected chi connectivity index (χ3v) is 2.63. The average molecular weight is 224 g/mol. The van der Waals surface area contributed by atoms with Gasteiger partial charge in [0, 0.05) is 6.04 Å². The molecule has 0 aliphatic carbocycles. The van der Waals surface area contributed by atoms with Gasteiger partial charge in [0.1, 0.15) is 0 Å². The summed E-state index contributed by atoms with van der Waals surface area (Å²) in [7, 11) is 0. The van der Waals surface area contributed by atoms with Gasteiger partial charge in [0.25, 0.3) is 0 Å². The molecule has 0 saturated heterocycles. The normalized spacial score (nSPS) is 12.4. The second-order valence-electron chi connectivity index (χ2n) is 4.26. The fourth-order valence-electron chi connectivity index (χ4n) is 1.70. The molecule has 1 N–H and O–H groups in total. The second kappa shape index (κ2) is 7.20. The lowest BCUT2D eigenvalue weighted by Crippen LogP contribution is -2.15. The SMILES string of the molecule is CCCCCCC(C)Nc1ccc(F)nc1. The maximum atomic E-state index is 12.6. The molecule has 0 aromatic carbocycles. The van der Waals surface area contributed by atoms with Gasteiger partial charge in [-0.25, -0.2) is 4.98 Å². The quantitative estimate of drug-likeness (QED) is 0.559. The minimum absolute atomic E-state index is 0.420. The molecule has 0 bridgehead atoms. The van der Waals surface area contributed by atoms with E-state index < -0.39 is 5.95 Å². The lowest BCUT2D eigenvalue weighted by molar-refractivity contribution is 0.581. The van der Waals surface area contributed by atoms with Crippen LogP contribution in [0.25, 0.3) is 0 Å². The molecule has 0 amide bonds. The van der Waals surface area contributed by atoms with Crippen LogP contribution >= 0.6 is 0 Å². The largest absolute Gasteiger partial charge is 0.381 e. The van der Waals surface area contributed by atoms with E-state index in [1.807, 2.05) is 0 Å². The molecule has 1 aromatic heterocycles. The van der Waals surface area contributed by atoms with Crippen LogP contribution in [0, 0.1) is 5.95 Å². The molecule has 1 aromatic rings. The minimum Gasteiger partial charge on any atom is -0.381 e. The Hall–Kier alpha value is -1.12. The molecule has 90 valence electrons. The van der Waals surface area contributed by atoms with Gasteiger partial charge in [0.2, 0.25) is 5.95 Å². The zero-order valence-corrected chi connectivity index (χ0v) is 10.2. The summed E-state index contributed by atoms with van der Waals surface area (Å²) in [5.41, 5.74) is 0.893. The highest BCUT2D eigenvalue weighted by Gasteiger charge is 2.02. The topological polar surface area (TPSA) is 24.9 Å². The van der Waals surface area contributed by atoms with E-state index in [1.165, 1.54) is 37.9 Å². The second-order valence-corrected chi connectivity index (χ2v) is 4.26. The van der Waals surface area contributed by atoms with Crippen molar-refractivity contribution in [2.24, 2.45) is 0 Å². The standard InChI is InChI=1S/C13H21FN2/c1-3-4-5-6-7-11(2)16-12-8-9-13(14)15-10-12/h8-11,16H,3-7H2,1-2H3. The van der Waals surface area contributed by atoms with Gasteiger partial charge < -0.3 is 5.32 Å². The third-order valence-electron chi connectivity index (χ3n) is 2.63. The Kier molecular flexibility index (Phi) is 5.83. The fourth-order valence-corrected chi connectivity index (χ4v) is 1.70. The van der Waals surface area contributed by atoms with E-state index in [1.54, 1.807) is 6.07 Å². The predicted molar refractivity (Wildman–Crippen MR) is 66.0 cm³/mol. The summed E-state index contributed by atoms with van der Waals surface area (Å²) < 4.78 is 12.6. The Bertz CT molecular complexity index is 284. The van der Waals surface area contributed by atoms with Crippen molar-refractivity contribution in [3.05, 3.63) is 24.3 Å². The minimum atomic E-state index is -0.429. The van der Waals surface area contributed by atoms with Crippen LogP contribution in [0.5, 0.6) is 0 Å². The Morgan fingerprint density at radius 2 is 2.12 bits per heavy atom. The van der Waals surface area contributed by atoms with Crippen molar-refractivity contribution in [1.82, 2.24) is 4.98 Å². The van der Waals surface area contributed by atoms with Crippen molar-refractivity contribution in [3.8, 4) is 0 Å². The summed E-state index contributed by atoms with van der Waals surface area (Å²) in [6, 6.07) is 3.53. The number of halogens is 1. The monoisotopic (exact) mass is 224 g/mol. The van der Waals surface area contributed by atoms with E-state index in [-0.39, 0.29) is 0 Å². The van der Waals surface area contributed by atoms with Gasteiger partial charge in [-0.2, -0.15) is 4.39 Å². The van der Waals surface area contributed by atoms with Crippen molar-refractivity contribution < 1.29 is 4.39 Å². The molecule has 0 fully saturated rings. The molecular weight excluding hydrogens is 203 g/mol. The van der Waals surface area contributed by atoms with Crippen LogP contribution in [0.15, 0.2) is 18.3 Å². The number of nitrogens with zero attached hydrogens (tertiary/aromatic N) is 1. The summed E-state index contributed by atoms with van der Waals surface area (Å²) in [5.74, 6) is -0.429. The number of unbranched alkanes of at least 4 members (excludes halogenated alkanes) is 3. The molecule has 1 unspecified atom stereocenters. The van der Waals surface area contributed by atoms with Crippen molar-refractivity contribution >= 4 is 5.69 Å². The van der Waals surface area contributed by atoms with Crippen LogP contribution in [0.4, 0.5) is 10.1 Å². The first-order valence-electron chi connectivity index (χ1n) is 6.10. The molecule has 0 aliphatic rings. The molecule has 0 radical (unpaired) electrons. The van der Waals surface area contributed by atoms with Gasteiger partial charge in [0.15, 0.2) is 0 Å². The average Bonchev–Trinajstić information content (AvgIpc) is 2.28. The molecule has 16 heavy (non-hydrogen) atoms. The van der Waals surface area contributed by atoms with Gasteiger partial charge in [-0.15, -0.1) is 0 Å². The first kappa shape index (κ1) is 12.9. The van der Waals surface area contributed by atoms with Gasteiger partial charge in [0.05, 0.1) is 11.9 Å². The molecule has 2 nitrogen and oxygen atoms in total. The molecule has 1 rings (SSSR count). The van der Waals surface area contributed by atoms with Crippen LogP contribution in [-0.2, 0) is 0 Å². The highest BCUT2D eigenvalue weighted by atomic mass is 19.1. The van der Waals surface area contributed by atoms with E-state index in [2.05, 4.69) is 24.1 Å². The zero-order chi connectivity index (χ0) is 11.8. The van der Waals surface area contributed by atoms with E-state index in [0.29, 0.717) is 6.04 Å². The number of hydrogen-bond acceptors (Lipinski definition) is 2. The van der Waals surface area contributed by atoms with E-state index in [0.717, 1.165) is 12.1 Å². The zero-order valence-electron chi connectivity index (χ0n) is 10.2. The van der Waals surface area contributed by atoms with E-state index in [9.17, 15) is 4.39 Å². The highest BCUT2D eigenvalue weighted by Crippen LogP contribution is 2.11. The number of pyridine rings is 1. The molecule has 0 aliphatic heterocycles. The summed E-state index contributed by atoms with van der Waals surface area (Å²) >= 11 is 0. The Balaban J connectivity index is 2.23. The number of hydrogen-bond donors (Lipinski definition) is 1. The molecule has 0 spiro atoms. The molecule has 3 heteroatoms. The molecular formula is C13H21FN2. The smallest absolute Gasteiger partial charge is 0.212 e. The van der Waals surface area contributed by atoms with Crippen LogP contribution in [0.3, 0.4) is 0 Å². The maximum Gasteiger partial charge on any atom is 0.212 e. The Morgan fingerprint density at radius 1 is 1.31 bits per heavy atom. The summed E-state index contributed by atoms with van der Waals surface area (Å²) in [4.78, 5) is 3.61. The van der Waals surface area contributed by atoms with Gasteiger partial charge >= 0.3 is 0 Å². The summed E-state index contributed by atoms with van der Waals surface area (Å²) in [6.07, 6.45) is 7.81. The third kappa shape index (κ3) is 5.10. The lowest BCUT2D eigenvalue weighted by Gasteiger charge is -2.14. The lowest BCUT2D eigenvalue weighted by atomic mass is 10.1. The van der Waals surface area contributed by atoms with Crippen LogP contribution in [0.1, 0.15) is 46.0 Å². The van der Waals surface area contributed by atoms with Gasteiger partial charge in [-0.05, 0) is 25.5 Å². The Morgan fingerprint density at radius 3 is 2.75 bits per heavy atom. The maximum absolute atomic E-state index is 12.6. The Labute approximate surface area is 97.3 Å². The predicted octanol–water partition coefficient (Wildman–Crippen LogP) is 3.99. The first-order chi connectivity index (χ1) is 7.72. The summed E-state index contributed by atoms with van der Waals surface area (Å²) in [5, 5.41) is 3.32. The van der Waals surface area contributed by atoms with Crippen molar-refractivity contribution in [2.45, 2.75) is 52.0 Å². The van der Waals surface area contributed by atoms with Crippen molar-refractivity contribution in [3.63, 3.8) is 0 Å². The van der Waals surface area contributed by atoms with E-state index >= 15 is 0 Å². The molecule has 0 saturated carbocycles. The number of rotatable bonds is 7. The highest BCUT2D eigenvalue weighted by molar-refractivity contribution is 5.40. The van der Waals surface area contributed by atoms with Gasteiger partial charge in [-0.1, -0.05) is 32.6 Å². The van der Waals surface area contributed by atoms with Crippen molar-refractivity contribution in [2.75, 3.05) is 5.32 Å². The van der Waals surface area contributed by atoms with Crippen LogP contribution in [-0.4, -0.2) is 11.0 Å². The van der Waals surface area contributed by atoms with Crippen LogP contribution in [0.2, 0.25) is 0 Å². The first-order valence-corrected chi connectivity index (χ1v) is 6.10. The van der Waals surface area contributed by atoms with E-state index in [4.69, 9.17) is 0 Å². The number of nitrogens with one attached hydrogen (secondary N) is 1. The van der Waals surface area contributed by atoms with Crippen molar-refractivity contribution in [1.29, 1.82) is 0 Å². The molecule has 1 heterocycles. The van der Waals surface area contributed by atoms with Gasteiger partial charge in [-0.3, -0.25) is 0 Å². The summed E-state index contributed by atoms with van der Waals surface area (Å²) in [6.45, 7) is 4.36. The molecule has 1 atom stereocenters. The number of aromatic nitrogens is 1. The number of anilines is 1. The van der Waals surface area contributed by atoms with Crippen LogP contribution < -0.4 is 5.32 Å².